The van der Waals surface area contributed by atoms with E-state index < -0.39 is 0 Å². The Bertz CT molecular complexity index is 961. The minimum Gasteiger partial charge on any atom is -0.497 e. The summed E-state index contributed by atoms with van der Waals surface area (Å²) in [6, 6.07) is 12.6. The smallest absolute Gasteiger partial charge is 0.255 e. The van der Waals surface area contributed by atoms with Gasteiger partial charge < -0.3 is 25.4 Å². The van der Waals surface area contributed by atoms with Crippen LogP contribution in [0.3, 0.4) is 0 Å². The number of carbonyl (C=O) groups excluding carboxylic acids is 1. The number of ether oxygens (including phenoxy) is 2. The van der Waals surface area contributed by atoms with Crippen molar-refractivity contribution in [3.8, 4) is 11.5 Å². The van der Waals surface area contributed by atoms with Crippen molar-refractivity contribution in [2.75, 3.05) is 19.5 Å². The van der Waals surface area contributed by atoms with Crippen LogP contribution in [0, 0.1) is 0 Å². The van der Waals surface area contributed by atoms with Gasteiger partial charge in [0.1, 0.15) is 11.5 Å². The van der Waals surface area contributed by atoms with E-state index in [0.29, 0.717) is 33.6 Å². The van der Waals surface area contributed by atoms with Crippen LogP contribution < -0.4 is 25.4 Å². The van der Waals surface area contributed by atoms with Crippen molar-refractivity contribution in [1.82, 2.24) is 10.6 Å². The minimum atomic E-state index is -0.379. The number of carbonyl (C=O) groups is 1. The fraction of sp³-hybridized carbons (Fsp3) is 0.200. The molecule has 0 aliphatic carbocycles. The van der Waals surface area contributed by atoms with Gasteiger partial charge in [0.15, 0.2) is 5.11 Å². The molecule has 2 aromatic rings. The Kier molecular flexibility index (Phi) is 6.21. The Morgan fingerprint density at radius 3 is 2.64 bits per heavy atom. The van der Waals surface area contributed by atoms with Gasteiger partial charge in [-0.05, 0) is 49.0 Å². The van der Waals surface area contributed by atoms with E-state index in [0.717, 1.165) is 10.0 Å². The molecule has 28 heavy (non-hydrogen) atoms. The number of thiocarbonyl (C=S) groups is 1. The van der Waals surface area contributed by atoms with E-state index in [9.17, 15) is 4.79 Å². The molecule has 0 saturated heterocycles. The summed E-state index contributed by atoms with van der Waals surface area (Å²) in [6.45, 7) is 1.83. The quantitative estimate of drug-likeness (QED) is 0.586. The lowest BCUT2D eigenvalue weighted by Gasteiger charge is -2.30. The van der Waals surface area contributed by atoms with Gasteiger partial charge in [0.2, 0.25) is 0 Å². The first kappa shape index (κ1) is 20.2. The van der Waals surface area contributed by atoms with E-state index in [1.54, 1.807) is 32.4 Å². The molecule has 1 aliphatic heterocycles. The van der Waals surface area contributed by atoms with Crippen LogP contribution in [-0.2, 0) is 4.79 Å². The maximum Gasteiger partial charge on any atom is 0.255 e. The van der Waals surface area contributed by atoms with E-state index in [2.05, 4.69) is 31.9 Å². The number of halogens is 1. The SMILES string of the molecule is COc1ccc(NC(=O)C2=C(C)NC(=S)N[C@@H]2c2cccc(Br)c2)c(OC)c1. The summed E-state index contributed by atoms with van der Waals surface area (Å²) in [6.07, 6.45) is 0. The maximum atomic E-state index is 13.2. The Morgan fingerprint density at radius 1 is 1.18 bits per heavy atom. The molecule has 1 amide bonds. The molecule has 146 valence electrons. The zero-order valence-corrected chi connectivity index (χ0v) is 18.0. The molecule has 0 bridgehead atoms. The highest BCUT2D eigenvalue weighted by Crippen LogP contribution is 2.32. The average Bonchev–Trinajstić information content (AvgIpc) is 2.67. The van der Waals surface area contributed by atoms with Crippen molar-refractivity contribution < 1.29 is 14.3 Å². The van der Waals surface area contributed by atoms with Gasteiger partial charge >= 0.3 is 0 Å². The molecule has 2 aromatic carbocycles. The molecule has 0 fully saturated rings. The lowest BCUT2D eigenvalue weighted by Crippen LogP contribution is -2.45. The van der Waals surface area contributed by atoms with Gasteiger partial charge in [-0.2, -0.15) is 0 Å². The normalized spacial score (nSPS) is 16.1. The molecule has 1 atom stereocenters. The summed E-state index contributed by atoms with van der Waals surface area (Å²) in [4.78, 5) is 13.2. The van der Waals surface area contributed by atoms with Crippen LogP contribution in [0.5, 0.6) is 11.5 Å². The van der Waals surface area contributed by atoms with Crippen molar-refractivity contribution in [2.24, 2.45) is 0 Å². The summed E-state index contributed by atoms with van der Waals surface area (Å²) < 4.78 is 11.5. The molecule has 0 saturated carbocycles. The van der Waals surface area contributed by atoms with E-state index in [1.807, 2.05) is 31.2 Å². The first-order chi connectivity index (χ1) is 13.4. The maximum absolute atomic E-state index is 13.2. The lowest BCUT2D eigenvalue weighted by molar-refractivity contribution is -0.113. The van der Waals surface area contributed by atoms with Crippen LogP contribution in [0.15, 0.2) is 58.2 Å². The number of anilines is 1. The predicted octanol–water partition coefficient (Wildman–Crippen LogP) is 3.90. The first-order valence-electron chi connectivity index (χ1n) is 8.50. The second-order valence-corrected chi connectivity index (χ2v) is 7.47. The topological polar surface area (TPSA) is 71.6 Å². The van der Waals surface area contributed by atoms with Gasteiger partial charge in [0, 0.05) is 16.2 Å². The van der Waals surface area contributed by atoms with Crippen LogP contribution in [-0.4, -0.2) is 25.2 Å². The average molecular weight is 462 g/mol. The highest BCUT2D eigenvalue weighted by molar-refractivity contribution is 9.10. The molecule has 3 N–H and O–H groups in total. The van der Waals surface area contributed by atoms with Gasteiger partial charge in [-0.1, -0.05) is 28.1 Å². The fourth-order valence-corrected chi connectivity index (χ4v) is 3.71. The van der Waals surface area contributed by atoms with Crippen molar-refractivity contribution in [3.63, 3.8) is 0 Å². The van der Waals surface area contributed by atoms with E-state index in [-0.39, 0.29) is 11.9 Å². The van der Waals surface area contributed by atoms with Gasteiger partial charge in [0.05, 0.1) is 31.5 Å². The zero-order chi connectivity index (χ0) is 20.3. The number of benzene rings is 2. The molecule has 8 heteroatoms. The monoisotopic (exact) mass is 461 g/mol. The van der Waals surface area contributed by atoms with Crippen LogP contribution >= 0.6 is 28.1 Å². The van der Waals surface area contributed by atoms with E-state index in [1.165, 1.54) is 0 Å². The number of methoxy groups -OCH3 is 2. The van der Waals surface area contributed by atoms with Crippen LogP contribution in [0.2, 0.25) is 0 Å². The van der Waals surface area contributed by atoms with Gasteiger partial charge in [-0.25, -0.2) is 0 Å². The third kappa shape index (κ3) is 4.28. The fourth-order valence-electron chi connectivity index (χ4n) is 3.02. The number of hydrogen-bond acceptors (Lipinski definition) is 4. The number of amides is 1. The summed E-state index contributed by atoms with van der Waals surface area (Å²) in [5.41, 5.74) is 2.71. The van der Waals surface area contributed by atoms with Crippen LogP contribution in [0.25, 0.3) is 0 Å². The summed E-state index contributed by atoms with van der Waals surface area (Å²) in [5.74, 6) is 0.897. The number of rotatable bonds is 5. The van der Waals surface area contributed by atoms with E-state index in [4.69, 9.17) is 21.7 Å². The molecule has 3 rings (SSSR count). The van der Waals surface area contributed by atoms with Crippen molar-refractivity contribution in [2.45, 2.75) is 13.0 Å². The minimum absolute atomic E-state index is 0.256. The Balaban J connectivity index is 1.96. The van der Waals surface area contributed by atoms with Gasteiger partial charge in [-0.3, -0.25) is 4.79 Å². The second kappa shape index (κ2) is 8.62. The standard InChI is InChI=1S/C20H20BrN3O3S/c1-11-17(18(24-20(28)22-11)12-5-4-6-13(21)9-12)19(25)23-15-8-7-14(26-2)10-16(15)27-3/h4-10,18H,1-3H3,(H,23,25)(H2,22,24,28)/t18-/m1/s1. The molecular weight excluding hydrogens is 442 g/mol. The first-order valence-corrected chi connectivity index (χ1v) is 9.70. The predicted molar refractivity (Wildman–Crippen MR) is 117 cm³/mol. The largest absolute Gasteiger partial charge is 0.497 e. The zero-order valence-electron chi connectivity index (χ0n) is 15.6. The number of hydrogen-bond donors (Lipinski definition) is 3. The third-order valence-corrected chi connectivity index (χ3v) is 5.07. The van der Waals surface area contributed by atoms with Crippen LogP contribution in [0.1, 0.15) is 18.5 Å². The molecule has 0 aromatic heterocycles. The molecule has 0 unspecified atom stereocenters. The number of allylic oxidation sites excluding steroid dienone is 1. The highest BCUT2D eigenvalue weighted by atomic mass is 79.9. The van der Waals surface area contributed by atoms with Crippen molar-refractivity contribution in [1.29, 1.82) is 0 Å². The third-order valence-electron chi connectivity index (χ3n) is 4.35. The van der Waals surface area contributed by atoms with Crippen molar-refractivity contribution in [3.05, 3.63) is 63.8 Å². The Labute approximate surface area is 177 Å². The lowest BCUT2D eigenvalue weighted by atomic mass is 9.95. The van der Waals surface area contributed by atoms with Gasteiger partial charge in [0.25, 0.3) is 5.91 Å². The summed E-state index contributed by atoms with van der Waals surface area (Å²) in [7, 11) is 3.12. The molecule has 0 spiro atoms. The second-order valence-electron chi connectivity index (χ2n) is 6.15. The molecule has 0 radical (unpaired) electrons. The molecule has 6 nitrogen and oxygen atoms in total. The summed E-state index contributed by atoms with van der Waals surface area (Å²) in [5, 5.41) is 9.62. The molecular formula is C20H20BrN3O3S. The molecule has 1 heterocycles. The summed E-state index contributed by atoms with van der Waals surface area (Å²) >= 11 is 8.78. The Hall–Kier alpha value is -2.58. The molecule has 1 aliphatic rings. The highest BCUT2D eigenvalue weighted by Gasteiger charge is 2.30. The Morgan fingerprint density at radius 2 is 1.96 bits per heavy atom. The van der Waals surface area contributed by atoms with E-state index >= 15 is 0 Å². The van der Waals surface area contributed by atoms with Crippen LogP contribution in [0.4, 0.5) is 5.69 Å². The van der Waals surface area contributed by atoms with Gasteiger partial charge in [-0.15, -0.1) is 0 Å². The van der Waals surface area contributed by atoms with Crippen molar-refractivity contribution >= 4 is 44.9 Å². The number of nitrogens with one attached hydrogen (secondary N) is 3.